The van der Waals surface area contributed by atoms with Gasteiger partial charge in [-0.15, -0.1) is 0 Å². The Hall–Kier alpha value is -2.77. The van der Waals surface area contributed by atoms with Crippen LogP contribution in [0, 0.1) is 0 Å². The summed E-state index contributed by atoms with van der Waals surface area (Å²) in [5.41, 5.74) is 1.37. The third-order valence-electron chi connectivity index (χ3n) is 3.23. The highest BCUT2D eigenvalue weighted by atomic mass is 35.5. The van der Waals surface area contributed by atoms with Gasteiger partial charge in [-0.25, -0.2) is 4.79 Å². The number of amides is 1. The number of benzene rings is 2. The van der Waals surface area contributed by atoms with Gasteiger partial charge in [-0.05, 0) is 35.9 Å². The van der Waals surface area contributed by atoms with E-state index >= 15 is 0 Å². The van der Waals surface area contributed by atoms with Crippen molar-refractivity contribution in [3.63, 3.8) is 0 Å². The van der Waals surface area contributed by atoms with Gasteiger partial charge in [0.1, 0.15) is 18.1 Å². The third-order valence-corrected chi connectivity index (χ3v) is 3.52. The number of methoxy groups -OCH3 is 1. The predicted octanol–water partition coefficient (Wildman–Crippen LogP) is 2.97. The Kier molecular flexibility index (Phi) is 7.25. The molecule has 0 radical (unpaired) electrons. The Morgan fingerprint density at radius 3 is 2.46 bits per heavy atom. The number of ether oxygens (including phenoxy) is 3. The summed E-state index contributed by atoms with van der Waals surface area (Å²) in [7, 11) is 1.59. The van der Waals surface area contributed by atoms with E-state index in [1.165, 1.54) is 12.1 Å². The molecule has 0 saturated carbocycles. The molecule has 7 nitrogen and oxygen atoms in total. The van der Waals surface area contributed by atoms with Crippen molar-refractivity contribution in [3.05, 3.63) is 53.1 Å². The van der Waals surface area contributed by atoms with E-state index in [-0.39, 0.29) is 23.3 Å². The molecule has 0 aliphatic rings. The minimum Gasteiger partial charge on any atom is -0.497 e. The summed E-state index contributed by atoms with van der Waals surface area (Å²) in [6, 6.07) is 11.9. The van der Waals surface area contributed by atoms with Crippen molar-refractivity contribution in [2.45, 2.75) is 6.61 Å². The normalized spacial score (nSPS) is 10.2. The van der Waals surface area contributed by atoms with Crippen molar-refractivity contribution in [2.75, 3.05) is 25.6 Å². The summed E-state index contributed by atoms with van der Waals surface area (Å²) >= 11 is 5.99. The fourth-order valence-electron chi connectivity index (χ4n) is 2.02. The van der Waals surface area contributed by atoms with E-state index < -0.39 is 12.6 Å². The highest BCUT2D eigenvalue weighted by Gasteiger charge is 2.08. The van der Waals surface area contributed by atoms with Gasteiger partial charge in [0, 0.05) is 5.69 Å². The Labute approximate surface area is 155 Å². The van der Waals surface area contributed by atoms with Crippen LogP contribution < -0.4 is 14.8 Å². The van der Waals surface area contributed by atoms with Crippen molar-refractivity contribution in [1.82, 2.24) is 0 Å². The van der Waals surface area contributed by atoms with Gasteiger partial charge in [-0.1, -0.05) is 23.7 Å². The van der Waals surface area contributed by atoms with E-state index in [1.54, 1.807) is 13.2 Å². The van der Waals surface area contributed by atoms with E-state index in [9.17, 15) is 9.59 Å². The number of carboxylic acids is 1. The second kappa shape index (κ2) is 9.65. The van der Waals surface area contributed by atoms with Gasteiger partial charge in [0.2, 0.25) is 5.91 Å². The molecule has 2 aromatic rings. The molecule has 0 atom stereocenters. The zero-order valence-corrected chi connectivity index (χ0v) is 14.8. The van der Waals surface area contributed by atoms with E-state index in [4.69, 9.17) is 30.9 Å². The molecule has 0 aliphatic carbocycles. The number of hydrogen-bond donors (Lipinski definition) is 2. The van der Waals surface area contributed by atoms with Crippen LogP contribution in [-0.2, 0) is 20.9 Å². The molecule has 0 aliphatic heterocycles. The topological polar surface area (TPSA) is 94.1 Å². The van der Waals surface area contributed by atoms with E-state index in [0.717, 1.165) is 11.3 Å². The molecule has 8 heteroatoms. The number of carboxylic acid groups (broad SMARTS) is 1. The highest BCUT2D eigenvalue weighted by molar-refractivity contribution is 6.32. The van der Waals surface area contributed by atoms with Crippen LogP contribution in [0.4, 0.5) is 5.69 Å². The number of anilines is 1. The molecule has 138 valence electrons. The number of carbonyl (C=O) groups excluding carboxylic acids is 1. The first-order chi connectivity index (χ1) is 12.5. The number of carbonyl (C=O) groups is 2. The molecule has 0 spiro atoms. The number of rotatable bonds is 9. The van der Waals surface area contributed by atoms with Crippen molar-refractivity contribution in [1.29, 1.82) is 0 Å². The van der Waals surface area contributed by atoms with Gasteiger partial charge in [0.25, 0.3) is 0 Å². The van der Waals surface area contributed by atoms with Crippen LogP contribution in [0.5, 0.6) is 11.5 Å². The van der Waals surface area contributed by atoms with E-state index in [2.05, 4.69) is 5.32 Å². The number of halogens is 1. The lowest BCUT2D eigenvalue weighted by molar-refractivity contribution is -0.139. The third kappa shape index (κ3) is 6.27. The molecule has 2 N–H and O–H groups in total. The highest BCUT2D eigenvalue weighted by Crippen LogP contribution is 2.27. The van der Waals surface area contributed by atoms with Gasteiger partial charge in [-0.2, -0.15) is 0 Å². The Morgan fingerprint density at radius 1 is 1.12 bits per heavy atom. The first-order valence-corrected chi connectivity index (χ1v) is 8.00. The monoisotopic (exact) mass is 379 g/mol. The zero-order valence-electron chi connectivity index (χ0n) is 14.0. The summed E-state index contributed by atoms with van der Waals surface area (Å²) in [6.07, 6.45) is 0. The van der Waals surface area contributed by atoms with Crippen LogP contribution in [0.1, 0.15) is 5.56 Å². The minimum absolute atomic E-state index is 0.124. The van der Waals surface area contributed by atoms with E-state index in [0.29, 0.717) is 12.3 Å². The second-order valence-electron chi connectivity index (χ2n) is 5.22. The average Bonchev–Trinajstić information content (AvgIpc) is 2.61. The van der Waals surface area contributed by atoms with Crippen LogP contribution in [0.25, 0.3) is 0 Å². The molecule has 1 amide bonds. The average molecular weight is 380 g/mol. The van der Waals surface area contributed by atoms with Gasteiger partial charge >= 0.3 is 5.97 Å². The van der Waals surface area contributed by atoms with Crippen LogP contribution >= 0.6 is 11.6 Å². The summed E-state index contributed by atoms with van der Waals surface area (Å²) in [4.78, 5) is 22.4. The molecular formula is C18H18ClNO6. The van der Waals surface area contributed by atoms with Crippen LogP contribution in [0.3, 0.4) is 0 Å². The standard InChI is InChI=1S/C18H18ClNO6/c1-24-14-5-2-12(3-6-14)9-25-10-17(21)20-13-4-7-16(15(19)8-13)26-11-18(22)23/h2-8H,9-11H2,1H3,(H,20,21)(H,22,23). The van der Waals surface area contributed by atoms with Crippen LogP contribution in [0.15, 0.2) is 42.5 Å². The van der Waals surface area contributed by atoms with E-state index in [1.807, 2.05) is 24.3 Å². The largest absolute Gasteiger partial charge is 0.497 e. The Bertz CT molecular complexity index is 763. The SMILES string of the molecule is COc1ccc(COCC(=O)Nc2ccc(OCC(=O)O)c(Cl)c2)cc1. The maximum Gasteiger partial charge on any atom is 0.341 e. The number of hydrogen-bond acceptors (Lipinski definition) is 5. The molecule has 0 saturated heterocycles. The predicted molar refractivity (Wildman–Crippen MR) is 95.9 cm³/mol. The van der Waals surface area contributed by atoms with Crippen LogP contribution in [0.2, 0.25) is 5.02 Å². The number of aliphatic carboxylic acids is 1. The van der Waals surface area contributed by atoms with Crippen LogP contribution in [-0.4, -0.2) is 37.3 Å². The molecule has 0 aromatic heterocycles. The molecule has 0 unspecified atom stereocenters. The summed E-state index contributed by atoms with van der Waals surface area (Å²) in [5, 5.41) is 11.4. The maximum absolute atomic E-state index is 11.9. The number of nitrogens with one attached hydrogen (secondary N) is 1. The van der Waals surface area contributed by atoms with Gasteiger partial charge in [-0.3, -0.25) is 4.79 Å². The smallest absolute Gasteiger partial charge is 0.341 e. The first kappa shape index (κ1) is 19.6. The van der Waals surface area contributed by atoms with Crippen molar-refractivity contribution in [3.8, 4) is 11.5 Å². The molecular weight excluding hydrogens is 362 g/mol. The lowest BCUT2D eigenvalue weighted by Gasteiger charge is -2.10. The fourth-order valence-corrected chi connectivity index (χ4v) is 2.25. The lowest BCUT2D eigenvalue weighted by atomic mass is 10.2. The molecule has 26 heavy (non-hydrogen) atoms. The van der Waals surface area contributed by atoms with Gasteiger partial charge < -0.3 is 24.6 Å². The molecule has 0 bridgehead atoms. The minimum atomic E-state index is -1.10. The van der Waals surface area contributed by atoms with Crippen molar-refractivity contribution < 1.29 is 28.9 Å². The second-order valence-corrected chi connectivity index (χ2v) is 5.62. The summed E-state index contributed by atoms with van der Waals surface area (Å²) in [6.45, 7) is -0.328. The summed E-state index contributed by atoms with van der Waals surface area (Å²) in [5.74, 6) is -0.469. The lowest BCUT2D eigenvalue weighted by Crippen LogP contribution is -2.18. The van der Waals surface area contributed by atoms with Crippen molar-refractivity contribution >= 4 is 29.2 Å². The summed E-state index contributed by atoms with van der Waals surface area (Å²) < 4.78 is 15.5. The molecule has 2 rings (SSSR count). The Balaban J connectivity index is 1.79. The quantitative estimate of drug-likeness (QED) is 0.695. The van der Waals surface area contributed by atoms with Crippen molar-refractivity contribution in [2.24, 2.45) is 0 Å². The molecule has 2 aromatic carbocycles. The molecule has 0 heterocycles. The van der Waals surface area contributed by atoms with Gasteiger partial charge in [0.05, 0.1) is 18.7 Å². The zero-order chi connectivity index (χ0) is 18.9. The maximum atomic E-state index is 11.9. The fraction of sp³-hybridized carbons (Fsp3) is 0.222. The Morgan fingerprint density at radius 2 is 1.85 bits per heavy atom. The first-order valence-electron chi connectivity index (χ1n) is 7.62. The molecule has 0 fully saturated rings. The van der Waals surface area contributed by atoms with Gasteiger partial charge in [0.15, 0.2) is 6.61 Å².